The molecule has 1 aromatic rings. The molecular formula is C14H22N2O. The number of unbranched alkanes of at least 4 members (excludes halogenated alkanes) is 4. The van der Waals surface area contributed by atoms with Gasteiger partial charge in [0.25, 0.3) is 0 Å². The zero-order valence-electron chi connectivity index (χ0n) is 10.5. The number of hydrogen-bond donors (Lipinski definition) is 2. The predicted octanol–water partition coefficient (Wildman–Crippen LogP) is 3.57. The van der Waals surface area contributed by atoms with Gasteiger partial charge in [-0.05, 0) is 18.6 Å². The van der Waals surface area contributed by atoms with E-state index in [-0.39, 0.29) is 5.91 Å². The Balaban J connectivity index is 2.23. The number of para-hydroxylation sites is 2. The zero-order chi connectivity index (χ0) is 12.5. The lowest BCUT2D eigenvalue weighted by molar-refractivity contribution is -0.116. The van der Waals surface area contributed by atoms with Crippen molar-refractivity contribution in [1.82, 2.24) is 0 Å². The van der Waals surface area contributed by atoms with Crippen molar-refractivity contribution >= 4 is 17.3 Å². The summed E-state index contributed by atoms with van der Waals surface area (Å²) in [4.78, 5) is 11.6. The minimum absolute atomic E-state index is 0.0550. The molecule has 0 saturated heterocycles. The van der Waals surface area contributed by atoms with Crippen LogP contribution in [0.3, 0.4) is 0 Å². The monoisotopic (exact) mass is 234 g/mol. The normalized spacial score (nSPS) is 10.2. The lowest BCUT2D eigenvalue weighted by atomic mass is 10.1. The van der Waals surface area contributed by atoms with Gasteiger partial charge in [-0.1, -0.05) is 44.7 Å². The SMILES string of the molecule is CCCCCCCC(=O)Nc1ccccc1N. The van der Waals surface area contributed by atoms with Crippen LogP contribution in [0.1, 0.15) is 45.4 Å². The summed E-state index contributed by atoms with van der Waals surface area (Å²) in [5.41, 5.74) is 7.08. The van der Waals surface area contributed by atoms with Crippen LogP contribution in [0.5, 0.6) is 0 Å². The van der Waals surface area contributed by atoms with Gasteiger partial charge in [0.05, 0.1) is 11.4 Å². The molecule has 94 valence electrons. The van der Waals surface area contributed by atoms with Crippen molar-refractivity contribution in [1.29, 1.82) is 0 Å². The highest BCUT2D eigenvalue weighted by atomic mass is 16.1. The molecular weight excluding hydrogens is 212 g/mol. The molecule has 0 saturated carbocycles. The number of nitrogens with two attached hydrogens (primary N) is 1. The molecule has 0 heterocycles. The molecule has 3 nitrogen and oxygen atoms in total. The lowest BCUT2D eigenvalue weighted by Crippen LogP contribution is -2.12. The number of nitrogen functional groups attached to an aromatic ring is 1. The van der Waals surface area contributed by atoms with Crippen molar-refractivity contribution in [2.45, 2.75) is 45.4 Å². The van der Waals surface area contributed by atoms with Gasteiger partial charge in [-0.2, -0.15) is 0 Å². The molecule has 0 atom stereocenters. The molecule has 3 heteroatoms. The summed E-state index contributed by atoms with van der Waals surface area (Å²) in [7, 11) is 0. The van der Waals surface area contributed by atoms with E-state index in [1.165, 1.54) is 19.3 Å². The van der Waals surface area contributed by atoms with Gasteiger partial charge in [0.2, 0.25) is 5.91 Å². The number of benzene rings is 1. The second kappa shape index (κ2) is 7.71. The van der Waals surface area contributed by atoms with E-state index in [0.29, 0.717) is 17.8 Å². The number of carbonyl (C=O) groups is 1. The van der Waals surface area contributed by atoms with Gasteiger partial charge in [-0.15, -0.1) is 0 Å². The Morgan fingerprint density at radius 1 is 1.18 bits per heavy atom. The topological polar surface area (TPSA) is 55.1 Å². The summed E-state index contributed by atoms with van der Waals surface area (Å²) in [5, 5.41) is 2.84. The number of anilines is 2. The minimum Gasteiger partial charge on any atom is -0.397 e. The van der Waals surface area contributed by atoms with Crippen molar-refractivity contribution < 1.29 is 4.79 Å². The molecule has 0 fully saturated rings. The number of nitrogens with one attached hydrogen (secondary N) is 1. The van der Waals surface area contributed by atoms with Gasteiger partial charge in [-0.3, -0.25) is 4.79 Å². The van der Waals surface area contributed by atoms with Crippen LogP contribution in [0, 0.1) is 0 Å². The third kappa shape index (κ3) is 5.38. The van der Waals surface area contributed by atoms with Crippen LogP contribution in [-0.2, 0) is 4.79 Å². The molecule has 3 N–H and O–H groups in total. The Morgan fingerprint density at radius 3 is 2.59 bits per heavy atom. The Bertz CT molecular complexity index is 350. The summed E-state index contributed by atoms with van der Waals surface area (Å²) < 4.78 is 0. The first-order chi connectivity index (χ1) is 8.24. The van der Waals surface area contributed by atoms with Crippen LogP contribution < -0.4 is 11.1 Å². The molecule has 1 rings (SSSR count). The molecule has 0 aliphatic carbocycles. The molecule has 0 aliphatic rings. The molecule has 0 spiro atoms. The number of carbonyl (C=O) groups excluding carboxylic acids is 1. The van der Waals surface area contributed by atoms with E-state index < -0.39 is 0 Å². The second-order valence-corrected chi connectivity index (χ2v) is 4.30. The first kappa shape index (κ1) is 13.6. The Labute approximate surface area is 103 Å². The average Bonchev–Trinajstić information content (AvgIpc) is 2.32. The molecule has 0 radical (unpaired) electrons. The van der Waals surface area contributed by atoms with Crippen molar-refractivity contribution in [3.63, 3.8) is 0 Å². The van der Waals surface area contributed by atoms with Crippen LogP contribution >= 0.6 is 0 Å². The number of rotatable bonds is 7. The molecule has 0 aliphatic heterocycles. The maximum atomic E-state index is 11.6. The van der Waals surface area contributed by atoms with Crippen molar-refractivity contribution in [3.05, 3.63) is 24.3 Å². The average molecular weight is 234 g/mol. The Hall–Kier alpha value is -1.51. The first-order valence-electron chi connectivity index (χ1n) is 6.38. The Morgan fingerprint density at radius 2 is 1.88 bits per heavy atom. The highest BCUT2D eigenvalue weighted by Gasteiger charge is 2.03. The number of amides is 1. The van der Waals surface area contributed by atoms with E-state index >= 15 is 0 Å². The fraction of sp³-hybridized carbons (Fsp3) is 0.500. The van der Waals surface area contributed by atoms with Gasteiger partial charge >= 0.3 is 0 Å². The van der Waals surface area contributed by atoms with Crippen LogP contribution in [0.15, 0.2) is 24.3 Å². The van der Waals surface area contributed by atoms with E-state index in [9.17, 15) is 4.79 Å². The van der Waals surface area contributed by atoms with Gasteiger partial charge in [0, 0.05) is 6.42 Å². The molecule has 1 amide bonds. The maximum Gasteiger partial charge on any atom is 0.224 e. The van der Waals surface area contributed by atoms with Crippen molar-refractivity contribution in [2.24, 2.45) is 0 Å². The Kier molecular flexibility index (Phi) is 6.15. The second-order valence-electron chi connectivity index (χ2n) is 4.30. The van der Waals surface area contributed by atoms with Crippen molar-refractivity contribution in [3.8, 4) is 0 Å². The summed E-state index contributed by atoms with van der Waals surface area (Å²) in [5.74, 6) is 0.0550. The molecule has 1 aromatic carbocycles. The summed E-state index contributed by atoms with van der Waals surface area (Å²) in [6, 6.07) is 7.34. The third-order valence-electron chi connectivity index (χ3n) is 2.74. The van der Waals surface area contributed by atoms with E-state index in [1.54, 1.807) is 6.07 Å². The van der Waals surface area contributed by atoms with Crippen LogP contribution in [0.25, 0.3) is 0 Å². The van der Waals surface area contributed by atoms with Crippen LogP contribution in [0.4, 0.5) is 11.4 Å². The predicted molar refractivity (Wildman–Crippen MR) is 72.9 cm³/mol. The summed E-state index contributed by atoms with van der Waals surface area (Å²) in [6.45, 7) is 2.19. The fourth-order valence-electron chi connectivity index (χ4n) is 1.71. The van der Waals surface area contributed by atoms with Crippen molar-refractivity contribution in [2.75, 3.05) is 11.1 Å². The quantitative estimate of drug-likeness (QED) is 0.559. The van der Waals surface area contributed by atoms with E-state index in [4.69, 9.17) is 5.73 Å². The molecule has 0 bridgehead atoms. The summed E-state index contributed by atoms with van der Waals surface area (Å²) in [6.07, 6.45) is 6.37. The molecule has 0 aromatic heterocycles. The number of hydrogen-bond acceptors (Lipinski definition) is 2. The van der Waals surface area contributed by atoms with Gasteiger partial charge < -0.3 is 11.1 Å². The van der Waals surface area contributed by atoms with E-state index in [1.807, 2.05) is 18.2 Å². The molecule has 17 heavy (non-hydrogen) atoms. The van der Waals surface area contributed by atoms with Crippen LogP contribution in [-0.4, -0.2) is 5.91 Å². The zero-order valence-corrected chi connectivity index (χ0v) is 10.5. The summed E-state index contributed by atoms with van der Waals surface area (Å²) >= 11 is 0. The largest absolute Gasteiger partial charge is 0.397 e. The van der Waals surface area contributed by atoms with Gasteiger partial charge in [0.1, 0.15) is 0 Å². The smallest absolute Gasteiger partial charge is 0.224 e. The van der Waals surface area contributed by atoms with Gasteiger partial charge in [0.15, 0.2) is 0 Å². The maximum absolute atomic E-state index is 11.6. The standard InChI is InChI=1S/C14H22N2O/c1-2-3-4-5-6-11-14(17)16-13-10-8-7-9-12(13)15/h7-10H,2-6,11,15H2,1H3,(H,16,17). The van der Waals surface area contributed by atoms with Gasteiger partial charge in [-0.25, -0.2) is 0 Å². The first-order valence-corrected chi connectivity index (χ1v) is 6.38. The minimum atomic E-state index is 0.0550. The molecule has 0 unspecified atom stereocenters. The third-order valence-corrected chi connectivity index (χ3v) is 2.74. The highest BCUT2D eigenvalue weighted by molar-refractivity contribution is 5.93. The highest BCUT2D eigenvalue weighted by Crippen LogP contribution is 2.17. The van der Waals surface area contributed by atoms with Crippen LogP contribution in [0.2, 0.25) is 0 Å². The van der Waals surface area contributed by atoms with E-state index in [2.05, 4.69) is 12.2 Å². The lowest BCUT2D eigenvalue weighted by Gasteiger charge is -2.07. The van der Waals surface area contributed by atoms with E-state index in [0.717, 1.165) is 12.8 Å². The fourth-order valence-corrected chi connectivity index (χ4v) is 1.71.